The van der Waals surface area contributed by atoms with Gasteiger partial charge in [0.1, 0.15) is 5.54 Å². The Morgan fingerprint density at radius 1 is 1.52 bits per heavy atom. The van der Waals surface area contributed by atoms with Crippen LogP contribution < -0.4 is 10.7 Å². The summed E-state index contributed by atoms with van der Waals surface area (Å²) < 4.78 is 0. The van der Waals surface area contributed by atoms with Gasteiger partial charge < -0.3 is 0 Å². The molecular formula is C14H16N6S. The third-order valence-electron chi connectivity index (χ3n) is 3.75. The molecule has 2 N–H and O–H groups in total. The number of nitrogens with zero attached hydrogens (tertiary/aromatic N) is 4. The Morgan fingerprint density at radius 2 is 2.43 bits per heavy atom. The van der Waals surface area contributed by atoms with Gasteiger partial charge >= 0.3 is 0 Å². The molecule has 0 bridgehead atoms. The largest absolute Gasteiger partial charge is 0.288 e. The van der Waals surface area contributed by atoms with Crippen molar-refractivity contribution in [2.45, 2.75) is 24.8 Å². The van der Waals surface area contributed by atoms with E-state index in [1.165, 1.54) is 4.91 Å². The Hall–Kier alpha value is -1.86. The number of aryl methyl sites for hydroxylation is 1. The van der Waals surface area contributed by atoms with Gasteiger partial charge in [0, 0.05) is 16.8 Å². The van der Waals surface area contributed by atoms with Gasteiger partial charge in [-0.05, 0) is 26.0 Å². The van der Waals surface area contributed by atoms with Crippen molar-refractivity contribution >= 4 is 23.4 Å². The van der Waals surface area contributed by atoms with Crippen molar-refractivity contribution in [2.24, 2.45) is 5.10 Å². The fourth-order valence-electron chi connectivity index (χ4n) is 2.89. The van der Waals surface area contributed by atoms with Crippen molar-refractivity contribution in [3.63, 3.8) is 0 Å². The molecule has 2 unspecified atom stereocenters. The molecule has 6 nitrogen and oxygen atoms in total. The van der Waals surface area contributed by atoms with Crippen LogP contribution in [0.15, 0.2) is 40.5 Å². The smallest absolute Gasteiger partial charge is 0.243 e. The van der Waals surface area contributed by atoms with Crippen LogP contribution in [-0.2, 0) is 0 Å². The molecule has 1 spiro atoms. The molecule has 1 aliphatic carbocycles. The van der Waals surface area contributed by atoms with E-state index in [-0.39, 0.29) is 5.54 Å². The molecule has 0 aromatic carbocycles. The number of hydrogen-bond acceptors (Lipinski definition) is 7. The Balaban J connectivity index is 1.61. The second kappa shape index (κ2) is 4.57. The highest BCUT2D eigenvalue weighted by Gasteiger charge is 2.51. The molecule has 3 heterocycles. The summed E-state index contributed by atoms with van der Waals surface area (Å²) in [4.78, 5) is 9.91. The van der Waals surface area contributed by atoms with E-state index in [2.05, 4.69) is 51.0 Å². The van der Waals surface area contributed by atoms with Gasteiger partial charge in [-0.15, -0.1) is 11.8 Å². The van der Waals surface area contributed by atoms with Crippen molar-refractivity contribution in [3.8, 4) is 0 Å². The van der Waals surface area contributed by atoms with E-state index < -0.39 is 0 Å². The molecule has 1 aromatic rings. The number of nitrogens with one attached hydrogen (secondary N) is 2. The molecule has 4 rings (SSSR count). The number of thioether (sulfide) groups is 1. The first kappa shape index (κ1) is 12.8. The van der Waals surface area contributed by atoms with Crippen molar-refractivity contribution in [3.05, 3.63) is 41.1 Å². The molecule has 21 heavy (non-hydrogen) atoms. The summed E-state index contributed by atoms with van der Waals surface area (Å²) >= 11 is 1.86. The topological polar surface area (TPSA) is 65.4 Å². The molecule has 0 saturated carbocycles. The predicted octanol–water partition coefficient (Wildman–Crippen LogP) is 1.66. The summed E-state index contributed by atoms with van der Waals surface area (Å²) in [6, 6.07) is 1.87. The highest BCUT2D eigenvalue weighted by atomic mass is 32.2. The first-order valence-electron chi connectivity index (χ1n) is 6.92. The molecule has 2 atom stereocenters. The highest BCUT2D eigenvalue weighted by Crippen LogP contribution is 2.44. The normalized spacial score (nSPS) is 29.8. The van der Waals surface area contributed by atoms with Crippen molar-refractivity contribution in [1.82, 2.24) is 20.4 Å². The van der Waals surface area contributed by atoms with Gasteiger partial charge in [-0.2, -0.15) is 5.10 Å². The first-order chi connectivity index (χ1) is 10.2. The van der Waals surface area contributed by atoms with Gasteiger partial charge in [-0.1, -0.05) is 12.2 Å². The third-order valence-corrected chi connectivity index (χ3v) is 4.96. The van der Waals surface area contributed by atoms with Crippen molar-refractivity contribution < 1.29 is 0 Å². The monoisotopic (exact) mass is 300 g/mol. The minimum atomic E-state index is -0.185. The summed E-state index contributed by atoms with van der Waals surface area (Å²) in [6.07, 6.45) is 8.04. The summed E-state index contributed by atoms with van der Waals surface area (Å²) in [6.45, 7) is 4.85. The van der Waals surface area contributed by atoms with Gasteiger partial charge in [0.15, 0.2) is 0 Å². The number of allylic oxidation sites excluding steroid dienone is 2. The molecule has 2 aliphatic heterocycles. The second-order valence-electron chi connectivity index (χ2n) is 5.38. The minimum Gasteiger partial charge on any atom is -0.288 e. The molecule has 7 heteroatoms. The van der Waals surface area contributed by atoms with Gasteiger partial charge in [-0.25, -0.2) is 20.5 Å². The average molecular weight is 300 g/mol. The van der Waals surface area contributed by atoms with Crippen LogP contribution >= 0.6 is 11.8 Å². The van der Waals surface area contributed by atoms with Crippen molar-refractivity contribution in [1.29, 1.82) is 0 Å². The van der Waals surface area contributed by atoms with E-state index in [0.29, 0.717) is 11.3 Å². The van der Waals surface area contributed by atoms with Crippen molar-refractivity contribution in [2.75, 3.05) is 12.0 Å². The summed E-state index contributed by atoms with van der Waals surface area (Å²) in [5, 5.41) is 10.5. The third kappa shape index (κ3) is 2.04. The molecule has 1 aromatic heterocycles. The Labute approximate surface area is 127 Å². The molecular weight excluding hydrogens is 284 g/mol. The summed E-state index contributed by atoms with van der Waals surface area (Å²) in [5.41, 5.74) is 4.96. The maximum Gasteiger partial charge on any atom is 0.243 e. The van der Waals surface area contributed by atoms with Crippen LogP contribution in [0.4, 0.5) is 5.95 Å². The van der Waals surface area contributed by atoms with Crippen LogP contribution in [0.5, 0.6) is 0 Å². The van der Waals surface area contributed by atoms with Gasteiger partial charge in [-0.3, -0.25) is 5.32 Å². The lowest BCUT2D eigenvalue weighted by Crippen LogP contribution is -2.53. The van der Waals surface area contributed by atoms with Crippen LogP contribution in [0.3, 0.4) is 0 Å². The van der Waals surface area contributed by atoms with Crippen LogP contribution in [0, 0.1) is 6.92 Å². The van der Waals surface area contributed by atoms with E-state index in [1.54, 1.807) is 6.20 Å². The minimum absolute atomic E-state index is 0.185. The second-order valence-corrected chi connectivity index (χ2v) is 6.76. The van der Waals surface area contributed by atoms with E-state index in [0.717, 1.165) is 18.0 Å². The number of hydrogen-bond donors (Lipinski definition) is 2. The zero-order valence-electron chi connectivity index (χ0n) is 11.9. The predicted molar refractivity (Wildman–Crippen MR) is 84.7 cm³/mol. The summed E-state index contributed by atoms with van der Waals surface area (Å²) in [7, 11) is 0. The van der Waals surface area contributed by atoms with Gasteiger partial charge in [0.2, 0.25) is 5.95 Å². The van der Waals surface area contributed by atoms with Gasteiger partial charge in [0.05, 0.1) is 17.6 Å². The fraction of sp³-hybridized carbons (Fsp3) is 0.357. The lowest BCUT2D eigenvalue weighted by atomic mass is 9.90. The number of rotatable bonds is 2. The fourth-order valence-corrected chi connectivity index (χ4v) is 4.11. The van der Waals surface area contributed by atoms with E-state index in [9.17, 15) is 0 Å². The van der Waals surface area contributed by atoms with Gasteiger partial charge in [0.25, 0.3) is 0 Å². The molecule has 3 aliphatic rings. The number of aromatic nitrogens is 2. The van der Waals surface area contributed by atoms with E-state index in [1.807, 2.05) is 29.9 Å². The highest BCUT2D eigenvalue weighted by molar-refractivity contribution is 8.04. The maximum absolute atomic E-state index is 4.66. The Kier molecular flexibility index (Phi) is 2.80. The molecule has 0 amide bonds. The lowest BCUT2D eigenvalue weighted by molar-refractivity contribution is 0.329. The average Bonchev–Trinajstić information content (AvgIpc) is 2.93. The summed E-state index contributed by atoms with van der Waals surface area (Å²) in [5.74, 6) is 0.572. The number of anilines is 1. The van der Waals surface area contributed by atoms with Crippen LogP contribution in [0.1, 0.15) is 12.6 Å². The SMILES string of the molecule is Cc1ccnc(NN2CC34NC(C)SC3=CC=CC4=N2)n1. The van der Waals surface area contributed by atoms with Crippen LogP contribution in [0.25, 0.3) is 0 Å². The van der Waals surface area contributed by atoms with E-state index >= 15 is 0 Å². The Morgan fingerprint density at radius 3 is 3.29 bits per heavy atom. The quantitative estimate of drug-likeness (QED) is 0.866. The Bertz CT molecular complexity index is 682. The molecule has 1 fully saturated rings. The first-order valence-corrected chi connectivity index (χ1v) is 7.80. The maximum atomic E-state index is 4.66. The molecule has 108 valence electrons. The number of hydrazine groups is 1. The molecule has 1 saturated heterocycles. The zero-order valence-corrected chi connectivity index (χ0v) is 12.7. The van der Waals surface area contributed by atoms with Crippen LogP contribution in [-0.4, -0.2) is 38.3 Å². The lowest BCUT2D eigenvalue weighted by Gasteiger charge is -2.28. The zero-order chi connectivity index (χ0) is 14.4. The van der Waals surface area contributed by atoms with E-state index in [4.69, 9.17) is 0 Å². The standard InChI is InChI=1S/C14H16N6S/c1-9-6-7-15-13(16-9)19-20-8-14-11(18-20)4-3-5-12(14)21-10(2)17-14/h3-7,10,17H,8H2,1-2H3,(H,15,16,19). The number of hydrazone groups is 1. The van der Waals surface area contributed by atoms with Crippen LogP contribution in [0.2, 0.25) is 0 Å². The molecule has 0 radical (unpaired) electrons.